The average Bonchev–Trinajstić information content (AvgIpc) is 3.52. The Labute approximate surface area is 170 Å². The second kappa shape index (κ2) is 7.35. The summed E-state index contributed by atoms with van der Waals surface area (Å²) in [5, 5.41) is 5.73. The standard InChI is InChI=1S/C23H25N3O3/c1-2-23(18-11-7-4-8-12-18)20(28)26(21(29)25-23)15-19(27)24-16-22(13-14-22)17-9-5-3-6-10-17/h3-12H,2,13-16H2,1H3,(H,24,27)(H,25,29). The Bertz CT molecular complexity index is 925. The minimum atomic E-state index is -1.11. The molecule has 0 spiro atoms. The van der Waals surface area contributed by atoms with Crippen molar-refractivity contribution in [1.29, 1.82) is 0 Å². The zero-order valence-electron chi connectivity index (χ0n) is 16.5. The highest BCUT2D eigenvalue weighted by Crippen LogP contribution is 2.47. The first kappa shape index (κ1) is 19.2. The van der Waals surface area contributed by atoms with Gasteiger partial charge in [-0.25, -0.2) is 4.79 Å². The van der Waals surface area contributed by atoms with Crippen LogP contribution in [0.15, 0.2) is 60.7 Å². The van der Waals surface area contributed by atoms with Crippen LogP contribution in [0.25, 0.3) is 0 Å². The van der Waals surface area contributed by atoms with Crippen molar-refractivity contribution in [2.75, 3.05) is 13.1 Å². The number of carbonyl (C=O) groups is 3. The molecular formula is C23H25N3O3. The molecule has 2 aromatic carbocycles. The van der Waals surface area contributed by atoms with E-state index >= 15 is 0 Å². The summed E-state index contributed by atoms with van der Waals surface area (Å²) in [6, 6.07) is 18.8. The fourth-order valence-electron chi connectivity index (χ4n) is 4.11. The molecule has 2 N–H and O–H groups in total. The molecule has 4 amide bonds. The highest BCUT2D eigenvalue weighted by Gasteiger charge is 2.51. The summed E-state index contributed by atoms with van der Waals surface area (Å²) < 4.78 is 0. The van der Waals surface area contributed by atoms with Crippen LogP contribution in [0.3, 0.4) is 0 Å². The lowest BCUT2D eigenvalue weighted by Crippen LogP contribution is -2.45. The normalized spacial score (nSPS) is 22.3. The van der Waals surface area contributed by atoms with Gasteiger partial charge in [0.15, 0.2) is 0 Å². The molecule has 2 aliphatic rings. The third kappa shape index (κ3) is 3.39. The average molecular weight is 391 g/mol. The quantitative estimate of drug-likeness (QED) is 0.713. The maximum Gasteiger partial charge on any atom is 0.325 e. The summed E-state index contributed by atoms with van der Waals surface area (Å²) >= 11 is 0. The third-order valence-electron chi connectivity index (χ3n) is 6.14. The van der Waals surface area contributed by atoms with Crippen LogP contribution in [0, 0.1) is 0 Å². The molecule has 4 rings (SSSR count). The zero-order chi connectivity index (χ0) is 20.5. The van der Waals surface area contributed by atoms with E-state index in [9.17, 15) is 14.4 Å². The van der Waals surface area contributed by atoms with Crippen molar-refractivity contribution >= 4 is 17.8 Å². The molecule has 1 saturated carbocycles. The van der Waals surface area contributed by atoms with Crippen molar-refractivity contribution in [2.24, 2.45) is 0 Å². The number of hydrogen-bond donors (Lipinski definition) is 2. The van der Waals surface area contributed by atoms with Gasteiger partial charge in [0.2, 0.25) is 5.91 Å². The number of benzene rings is 2. The van der Waals surface area contributed by atoms with Crippen molar-refractivity contribution in [2.45, 2.75) is 37.1 Å². The van der Waals surface area contributed by atoms with Gasteiger partial charge in [0.25, 0.3) is 5.91 Å². The predicted molar refractivity (Wildman–Crippen MR) is 109 cm³/mol. The van der Waals surface area contributed by atoms with Gasteiger partial charge in [0.1, 0.15) is 12.1 Å². The van der Waals surface area contributed by atoms with Gasteiger partial charge in [0.05, 0.1) is 0 Å². The number of nitrogens with one attached hydrogen (secondary N) is 2. The van der Waals surface area contributed by atoms with E-state index in [1.54, 1.807) is 0 Å². The number of rotatable bonds is 7. The molecule has 1 atom stereocenters. The molecule has 0 radical (unpaired) electrons. The van der Waals surface area contributed by atoms with Crippen LogP contribution >= 0.6 is 0 Å². The Kier molecular flexibility index (Phi) is 4.86. The van der Waals surface area contributed by atoms with E-state index in [0.717, 1.165) is 23.3 Å². The number of urea groups is 1. The van der Waals surface area contributed by atoms with E-state index in [0.29, 0.717) is 13.0 Å². The van der Waals surface area contributed by atoms with Gasteiger partial charge < -0.3 is 10.6 Å². The first-order chi connectivity index (χ1) is 14.0. The van der Waals surface area contributed by atoms with E-state index in [2.05, 4.69) is 22.8 Å². The summed E-state index contributed by atoms with van der Waals surface area (Å²) in [5.74, 6) is -0.703. The van der Waals surface area contributed by atoms with Crippen LogP contribution < -0.4 is 10.6 Å². The fourth-order valence-corrected chi connectivity index (χ4v) is 4.11. The van der Waals surface area contributed by atoms with Crippen molar-refractivity contribution in [3.63, 3.8) is 0 Å². The minimum Gasteiger partial charge on any atom is -0.354 e. The van der Waals surface area contributed by atoms with Crippen LogP contribution in [0.1, 0.15) is 37.3 Å². The number of amides is 4. The van der Waals surface area contributed by atoms with E-state index in [-0.39, 0.29) is 23.8 Å². The Hall–Kier alpha value is -3.15. The maximum absolute atomic E-state index is 13.1. The number of carbonyl (C=O) groups excluding carboxylic acids is 3. The van der Waals surface area contributed by atoms with Crippen LogP contribution in [0.2, 0.25) is 0 Å². The summed E-state index contributed by atoms with van der Waals surface area (Å²) in [6.45, 7) is 2.09. The lowest BCUT2D eigenvalue weighted by Gasteiger charge is -2.25. The number of hydrogen-bond acceptors (Lipinski definition) is 3. The molecule has 1 unspecified atom stereocenters. The lowest BCUT2D eigenvalue weighted by atomic mass is 9.87. The molecule has 1 saturated heterocycles. The molecule has 1 aliphatic heterocycles. The van der Waals surface area contributed by atoms with E-state index in [4.69, 9.17) is 0 Å². The molecule has 6 nitrogen and oxygen atoms in total. The predicted octanol–water partition coefficient (Wildman–Crippen LogP) is 2.69. The summed E-state index contributed by atoms with van der Waals surface area (Å²) in [4.78, 5) is 39.2. The van der Waals surface area contributed by atoms with Crippen LogP contribution in [0.5, 0.6) is 0 Å². The first-order valence-electron chi connectivity index (χ1n) is 10.0. The van der Waals surface area contributed by atoms with Crippen molar-refractivity contribution in [1.82, 2.24) is 15.5 Å². The van der Waals surface area contributed by atoms with Gasteiger partial charge >= 0.3 is 6.03 Å². The van der Waals surface area contributed by atoms with Gasteiger partial charge in [-0.05, 0) is 30.4 Å². The van der Waals surface area contributed by atoms with E-state index in [1.165, 1.54) is 5.56 Å². The fraction of sp³-hybridized carbons (Fsp3) is 0.348. The van der Waals surface area contributed by atoms with Gasteiger partial charge in [-0.3, -0.25) is 14.5 Å². The highest BCUT2D eigenvalue weighted by molar-refractivity contribution is 6.09. The number of nitrogens with zero attached hydrogens (tertiary/aromatic N) is 1. The molecule has 0 aromatic heterocycles. The third-order valence-corrected chi connectivity index (χ3v) is 6.14. The molecule has 1 heterocycles. The molecule has 150 valence electrons. The van der Waals surface area contributed by atoms with Gasteiger partial charge in [-0.1, -0.05) is 67.6 Å². The largest absolute Gasteiger partial charge is 0.354 e. The molecule has 2 aromatic rings. The van der Waals surface area contributed by atoms with Gasteiger partial charge in [-0.15, -0.1) is 0 Å². The summed E-state index contributed by atoms with van der Waals surface area (Å²) in [7, 11) is 0. The second-order valence-electron chi connectivity index (χ2n) is 7.87. The van der Waals surface area contributed by atoms with Crippen LogP contribution in [-0.2, 0) is 20.5 Å². The Morgan fingerprint density at radius 3 is 2.14 bits per heavy atom. The van der Waals surface area contributed by atoms with Gasteiger partial charge in [0, 0.05) is 12.0 Å². The molecule has 29 heavy (non-hydrogen) atoms. The lowest BCUT2D eigenvalue weighted by molar-refractivity contribution is -0.135. The van der Waals surface area contributed by atoms with Crippen molar-refractivity contribution < 1.29 is 14.4 Å². The number of imide groups is 1. The van der Waals surface area contributed by atoms with Gasteiger partial charge in [-0.2, -0.15) is 0 Å². The highest BCUT2D eigenvalue weighted by atomic mass is 16.2. The monoisotopic (exact) mass is 391 g/mol. The van der Waals surface area contributed by atoms with Crippen molar-refractivity contribution in [3.8, 4) is 0 Å². The second-order valence-corrected chi connectivity index (χ2v) is 7.87. The molecule has 2 fully saturated rings. The molecular weight excluding hydrogens is 366 g/mol. The van der Waals surface area contributed by atoms with Crippen molar-refractivity contribution in [3.05, 3.63) is 71.8 Å². The SMILES string of the molecule is CCC1(c2ccccc2)NC(=O)N(CC(=O)NCC2(c3ccccc3)CC2)C1=O. The van der Waals surface area contributed by atoms with Crippen LogP contribution in [0.4, 0.5) is 4.79 Å². The summed E-state index contributed by atoms with van der Waals surface area (Å²) in [6.07, 6.45) is 2.46. The van der Waals surface area contributed by atoms with E-state index < -0.39 is 11.6 Å². The molecule has 1 aliphatic carbocycles. The van der Waals surface area contributed by atoms with E-state index in [1.807, 2.05) is 55.5 Å². The zero-order valence-corrected chi connectivity index (χ0v) is 16.5. The summed E-state index contributed by atoms with van der Waals surface area (Å²) in [5.41, 5.74) is 0.806. The first-order valence-corrected chi connectivity index (χ1v) is 10.0. The molecule has 0 bridgehead atoms. The maximum atomic E-state index is 13.1. The minimum absolute atomic E-state index is 0.0224. The molecule has 6 heteroatoms. The topological polar surface area (TPSA) is 78.5 Å². The Morgan fingerprint density at radius 1 is 1.00 bits per heavy atom. The van der Waals surface area contributed by atoms with Crippen LogP contribution in [-0.4, -0.2) is 35.8 Å². The smallest absolute Gasteiger partial charge is 0.325 e. The Balaban J connectivity index is 1.42. The Morgan fingerprint density at radius 2 is 1.59 bits per heavy atom.